The van der Waals surface area contributed by atoms with Crippen molar-refractivity contribution in [2.24, 2.45) is 0 Å². The lowest BCUT2D eigenvalue weighted by molar-refractivity contribution is 1.09. The predicted octanol–water partition coefficient (Wildman–Crippen LogP) is 6.68. The Kier molecular flexibility index (Phi) is 5.02. The highest BCUT2D eigenvalue weighted by molar-refractivity contribution is 8.17. The van der Waals surface area contributed by atoms with Crippen LogP contribution in [0.1, 0.15) is 39.1 Å². The zero-order valence-electron chi connectivity index (χ0n) is 14.6. The van der Waals surface area contributed by atoms with Gasteiger partial charge in [-0.3, -0.25) is 4.98 Å². The molecule has 0 fully saturated rings. The molecule has 0 bridgehead atoms. The molecule has 3 heterocycles. The molecule has 0 saturated carbocycles. The fraction of sp³-hybridized carbons (Fsp3) is 0.316. The van der Waals surface area contributed by atoms with Gasteiger partial charge in [0.05, 0.1) is 0 Å². The van der Waals surface area contributed by atoms with Crippen LogP contribution >= 0.6 is 12.1 Å². The third kappa shape index (κ3) is 3.97. The maximum atomic E-state index is 5.93. The summed E-state index contributed by atoms with van der Waals surface area (Å²) >= 11 is 11.9. The quantitative estimate of drug-likeness (QED) is 0.531. The summed E-state index contributed by atoms with van der Waals surface area (Å²) in [6.45, 7) is 8.61. The number of pyridine rings is 1. The van der Waals surface area contributed by atoms with Crippen LogP contribution in [0.25, 0.3) is 0 Å². The van der Waals surface area contributed by atoms with E-state index in [0.29, 0.717) is 0 Å². The van der Waals surface area contributed by atoms with Gasteiger partial charge in [0.25, 0.3) is 0 Å². The second-order valence-electron chi connectivity index (χ2n) is 6.89. The summed E-state index contributed by atoms with van der Waals surface area (Å²) in [4.78, 5) is 4.90. The van der Waals surface area contributed by atoms with E-state index in [2.05, 4.69) is 69.2 Å². The molecule has 0 aromatic carbocycles. The summed E-state index contributed by atoms with van der Waals surface area (Å²) < 4.78 is 0. The summed E-state index contributed by atoms with van der Waals surface area (Å²) in [6.07, 6.45) is 1.74. The molecular formula is C19H23NP2S2. The highest BCUT2D eigenvalue weighted by Crippen LogP contribution is 2.60. The molecule has 0 saturated heterocycles. The van der Waals surface area contributed by atoms with Gasteiger partial charge in [0.1, 0.15) is 0 Å². The van der Waals surface area contributed by atoms with E-state index in [1.54, 1.807) is 0 Å². The molecule has 2 aliphatic heterocycles. The van der Waals surface area contributed by atoms with Gasteiger partial charge < -0.3 is 0 Å². The lowest BCUT2D eigenvalue weighted by Crippen LogP contribution is -1.95. The number of rotatable bonds is 4. The van der Waals surface area contributed by atoms with Crippen LogP contribution in [0.15, 0.2) is 63.8 Å². The highest BCUT2D eigenvalue weighted by atomic mass is 32.4. The Morgan fingerprint density at radius 3 is 1.38 bits per heavy atom. The van der Waals surface area contributed by atoms with Crippen molar-refractivity contribution < 1.29 is 0 Å². The lowest BCUT2D eigenvalue weighted by Gasteiger charge is -2.14. The van der Waals surface area contributed by atoms with E-state index in [1.165, 1.54) is 22.3 Å². The molecule has 0 aliphatic carbocycles. The molecule has 1 nitrogen and oxygen atoms in total. The van der Waals surface area contributed by atoms with E-state index in [1.807, 2.05) is 0 Å². The van der Waals surface area contributed by atoms with E-state index in [-0.39, 0.29) is 0 Å². The van der Waals surface area contributed by atoms with Gasteiger partial charge in [-0.1, -0.05) is 29.7 Å². The van der Waals surface area contributed by atoms with Crippen LogP contribution in [-0.4, -0.2) is 4.98 Å². The molecule has 1 aromatic heterocycles. The van der Waals surface area contributed by atoms with Crippen molar-refractivity contribution in [1.82, 2.24) is 4.98 Å². The maximum Gasteiger partial charge on any atom is 0.0463 e. The molecule has 126 valence electrons. The van der Waals surface area contributed by atoms with Gasteiger partial charge >= 0.3 is 0 Å². The van der Waals surface area contributed by atoms with Crippen LogP contribution in [0.5, 0.6) is 0 Å². The SMILES string of the molecule is CC1=CP(=S)(Cc2cccc(CP3(=S)C=C(C)C(C)=C3)n2)C=C1C. The molecule has 0 unspecified atom stereocenters. The minimum Gasteiger partial charge on any atom is -0.257 e. The van der Waals surface area contributed by atoms with Crippen molar-refractivity contribution in [2.45, 2.75) is 40.0 Å². The Morgan fingerprint density at radius 1 is 0.708 bits per heavy atom. The molecule has 24 heavy (non-hydrogen) atoms. The first kappa shape index (κ1) is 18.2. The molecule has 3 rings (SSSR count). The fourth-order valence-electron chi connectivity index (χ4n) is 3.19. The molecule has 2 aliphatic rings. The van der Waals surface area contributed by atoms with Crippen LogP contribution in [-0.2, 0) is 35.9 Å². The topological polar surface area (TPSA) is 12.9 Å². The second kappa shape index (κ2) is 6.61. The van der Waals surface area contributed by atoms with E-state index >= 15 is 0 Å². The summed E-state index contributed by atoms with van der Waals surface area (Å²) in [7, 11) is 0. The van der Waals surface area contributed by atoms with Crippen molar-refractivity contribution in [3.05, 3.63) is 75.1 Å². The fourth-order valence-corrected chi connectivity index (χ4v) is 11.2. The Morgan fingerprint density at radius 2 is 1.04 bits per heavy atom. The van der Waals surface area contributed by atoms with Gasteiger partial charge in [-0.25, -0.2) is 0 Å². The summed E-state index contributed by atoms with van der Waals surface area (Å²) in [5.41, 5.74) is 7.53. The molecule has 0 spiro atoms. The average Bonchev–Trinajstić information content (AvgIpc) is 2.85. The third-order valence-corrected chi connectivity index (χ3v) is 11.5. The highest BCUT2D eigenvalue weighted by Gasteiger charge is 2.22. The van der Waals surface area contributed by atoms with Crippen LogP contribution in [0.2, 0.25) is 0 Å². The first-order chi connectivity index (χ1) is 11.2. The number of hydrogen-bond donors (Lipinski definition) is 0. The Hall–Kier alpha value is -0.590. The number of aromatic nitrogens is 1. The smallest absolute Gasteiger partial charge is 0.0463 e. The van der Waals surface area contributed by atoms with Crippen LogP contribution in [0.4, 0.5) is 0 Å². The van der Waals surface area contributed by atoms with Crippen molar-refractivity contribution >= 4 is 35.7 Å². The molecule has 0 amide bonds. The van der Waals surface area contributed by atoms with E-state index < -0.39 is 12.1 Å². The lowest BCUT2D eigenvalue weighted by atomic mass is 10.2. The first-order valence-corrected chi connectivity index (χ1v) is 14.3. The number of allylic oxidation sites excluding steroid dienone is 4. The van der Waals surface area contributed by atoms with Crippen molar-refractivity contribution in [2.75, 3.05) is 0 Å². The normalized spacial score (nSPS) is 21.2. The Labute approximate surface area is 155 Å². The summed E-state index contributed by atoms with van der Waals surface area (Å²) in [5, 5.41) is 0. The van der Waals surface area contributed by atoms with Gasteiger partial charge in [0.15, 0.2) is 0 Å². The molecule has 0 N–H and O–H groups in total. The van der Waals surface area contributed by atoms with E-state index in [9.17, 15) is 0 Å². The molecule has 0 radical (unpaired) electrons. The van der Waals surface area contributed by atoms with Crippen LogP contribution in [0.3, 0.4) is 0 Å². The standard InChI is InChI=1S/C19H23NP2S2/c1-14-8-21(23,9-15(14)2)12-18-6-5-7-19(20-18)13-22(24)10-16(3)17(4)11-22/h5-11H,12-13H2,1-4H3. The molecular weight excluding hydrogens is 368 g/mol. The zero-order chi connectivity index (χ0) is 17.5. The maximum absolute atomic E-state index is 5.93. The molecule has 1 aromatic rings. The minimum absolute atomic E-state index is 0.872. The average molecular weight is 391 g/mol. The summed E-state index contributed by atoms with van der Waals surface area (Å²) in [5.74, 6) is 9.18. The number of hydrogen-bond acceptors (Lipinski definition) is 3. The Balaban J connectivity index is 1.82. The summed E-state index contributed by atoms with van der Waals surface area (Å²) in [6, 6.07) is 3.13. The minimum atomic E-state index is -1.59. The monoisotopic (exact) mass is 391 g/mol. The van der Waals surface area contributed by atoms with Crippen molar-refractivity contribution in [1.29, 1.82) is 0 Å². The van der Waals surface area contributed by atoms with Gasteiger partial charge in [-0.15, -0.1) is 0 Å². The second-order valence-corrected chi connectivity index (χ2v) is 16.1. The van der Waals surface area contributed by atoms with E-state index in [0.717, 1.165) is 23.7 Å². The number of nitrogens with zero attached hydrogens (tertiary/aromatic N) is 1. The Bertz CT molecular complexity index is 804. The zero-order valence-corrected chi connectivity index (χ0v) is 18.0. The first-order valence-electron chi connectivity index (χ1n) is 8.08. The van der Waals surface area contributed by atoms with E-state index in [4.69, 9.17) is 28.6 Å². The van der Waals surface area contributed by atoms with Crippen molar-refractivity contribution in [3.63, 3.8) is 0 Å². The molecule has 5 heteroatoms. The van der Waals surface area contributed by atoms with Gasteiger partial charge in [-0.2, -0.15) is 0 Å². The predicted molar refractivity (Wildman–Crippen MR) is 115 cm³/mol. The van der Waals surface area contributed by atoms with Crippen LogP contribution < -0.4 is 0 Å². The van der Waals surface area contributed by atoms with Crippen LogP contribution in [0, 0.1) is 0 Å². The molecule has 0 atom stereocenters. The van der Waals surface area contributed by atoms with Gasteiger partial charge in [-0.05, 0) is 85.4 Å². The third-order valence-electron chi connectivity index (χ3n) is 4.58. The van der Waals surface area contributed by atoms with Crippen molar-refractivity contribution in [3.8, 4) is 0 Å². The largest absolute Gasteiger partial charge is 0.257 e. The van der Waals surface area contributed by atoms with Gasteiger partial charge in [0, 0.05) is 35.8 Å². The van der Waals surface area contributed by atoms with Gasteiger partial charge in [0.2, 0.25) is 0 Å².